The molecule has 26 heavy (non-hydrogen) atoms. The Labute approximate surface area is 156 Å². The number of benzene rings is 1. The smallest absolute Gasteiger partial charge is 0.312 e. The number of nitro groups is 1. The molecule has 0 unspecified atom stereocenters. The predicted molar refractivity (Wildman–Crippen MR) is 99.7 cm³/mol. The van der Waals surface area contributed by atoms with Gasteiger partial charge in [-0.3, -0.25) is 14.9 Å². The van der Waals surface area contributed by atoms with Gasteiger partial charge in [0.1, 0.15) is 0 Å². The summed E-state index contributed by atoms with van der Waals surface area (Å²) in [6, 6.07) is 3.90. The molecule has 1 aromatic rings. The van der Waals surface area contributed by atoms with E-state index in [1.165, 1.54) is 37.5 Å². The number of carbonyl (C=O) groups excluding carboxylic acids is 1. The molecule has 3 N–H and O–H groups in total. The molecule has 0 spiro atoms. The topological polar surface area (TPSA) is 104 Å². The van der Waals surface area contributed by atoms with Crippen molar-refractivity contribution in [1.29, 1.82) is 0 Å². The Bertz CT molecular complexity index is 759. The first-order chi connectivity index (χ1) is 12.3. The normalized spacial score (nSPS) is 31.5. The molecule has 0 radical (unpaired) electrons. The van der Waals surface area contributed by atoms with Crippen molar-refractivity contribution >= 4 is 34.6 Å². The van der Waals surface area contributed by atoms with Gasteiger partial charge >= 0.3 is 5.69 Å². The van der Waals surface area contributed by atoms with Crippen molar-refractivity contribution in [3.8, 4) is 5.75 Å². The summed E-state index contributed by atoms with van der Waals surface area (Å²) in [7, 11) is 0. The number of carbonyl (C=O) groups is 1. The van der Waals surface area contributed by atoms with E-state index in [0.717, 1.165) is 19.3 Å². The Morgan fingerprint density at radius 3 is 2.31 bits per heavy atom. The maximum absolute atomic E-state index is 12.9. The molecule has 4 saturated carbocycles. The number of hydrogen-bond acceptors (Lipinski definition) is 5. The molecule has 0 aromatic heterocycles. The minimum atomic E-state index is -0.669. The quantitative estimate of drug-likeness (QED) is 0.324. The third kappa shape index (κ3) is 3.02. The molecule has 5 rings (SSSR count). The first kappa shape index (κ1) is 17.2. The fraction of sp³-hybridized carbons (Fsp3) is 0.556. The average molecular weight is 375 g/mol. The molecule has 4 aliphatic rings. The van der Waals surface area contributed by atoms with Crippen LogP contribution in [0.1, 0.15) is 38.5 Å². The first-order valence-electron chi connectivity index (χ1n) is 8.94. The summed E-state index contributed by atoms with van der Waals surface area (Å²) < 4.78 is 0. The molecule has 7 nitrogen and oxygen atoms in total. The van der Waals surface area contributed by atoms with E-state index in [1.807, 2.05) is 0 Å². The SMILES string of the molecule is O=C(NC(=S)Nc1ccc(O)c([N+](=O)[O-])c1)C12CC3CC(CC(C3)C1)C2. The number of rotatable bonds is 3. The Balaban J connectivity index is 1.43. The van der Waals surface area contributed by atoms with Gasteiger partial charge in [0, 0.05) is 11.8 Å². The van der Waals surface area contributed by atoms with Crippen LogP contribution in [0.5, 0.6) is 5.75 Å². The summed E-state index contributed by atoms with van der Waals surface area (Å²) in [6.07, 6.45) is 6.60. The van der Waals surface area contributed by atoms with Crippen molar-refractivity contribution in [3.63, 3.8) is 0 Å². The Kier molecular flexibility index (Phi) is 4.10. The van der Waals surface area contributed by atoms with Crippen LogP contribution in [0.3, 0.4) is 0 Å². The largest absolute Gasteiger partial charge is 0.502 e. The molecule has 1 aromatic carbocycles. The molecule has 1 amide bonds. The molecule has 138 valence electrons. The van der Waals surface area contributed by atoms with Crippen molar-refractivity contribution in [2.24, 2.45) is 23.2 Å². The summed E-state index contributed by atoms with van der Waals surface area (Å²) in [5, 5.41) is 26.2. The number of anilines is 1. The van der Waals surface area contributed by atoms with Crippen molar-refractivity contribution in [1.82, 2.24) is 5.32 Å². The average Bonchev–Trinajstić information content (AvgIpc) is 2.55. The summed E-state index contributed by atoms with van der Waals surface area (Å²) in [4.78, 5) is 23.2. The molecular formula is C18H21N3O4S. The fourth-order valence-electron chi connectivity index (χ4n) is 5.53. The highest BCUT2D eigenvalue weighted by atomic mass is 32.1. The molecule has 0 aliphatic heterocycles. The predicted octanol–water partition coefficient (Wildman–Crippen LogP) is 3.33. The number of nitrogens with zero attached hydrogens (tertiary/aromatic N) is 1. The van der Waals surface area contributed by atoms with Crippen LogP contribution in [0, 0.1) is 33.3 Å². The highest BCUT2D eigenvalue weighted by Crippen LogP contribution is 2.60. The maximum atomic E-state index is 12.9. The third-order valence-corrected chi connectivity index (χ3v) is 6.38. The van der Waals surface area contributed by atoms with Crippen LogP contribution >= 0.6 is 12.2 Å². The van der Waals surface area contributed by atoms with Gasteiger partial charge in [-0.2, -0.15) is 0 Å². The minimum Gasteiger partial charge on any atom is -0.502 e. The van der Waals surface area contributed by atoms with Crippen molar-refractivity contribution in [2.45, 2.75) is 38.5 Å². The van der Waals surface area contributed by atoms with Gasteiger partial charge in [0.15, 0.2) is 10.9 Å². The molecule has 0 heterocycles. The standard InChI is InChI=1S/C18H21N3O4S/c22-15-2-1-13(6-14(15)21(24)25)19-17(26)20-16(23)18-7-10-3-11(8-18)5-12(4-10)9-18/h1-2,6,10-12,22H,3-5,7-9H2,(H2,19,20,23,26). The first-order valence-corrected chi connectivity index (χ1v) is 9.35. The lowest BCUT2D eigenvalue weighted by atomic mass is 9.49. The monoisotopic (exact) mass is 375 g/mol. The van der Waals surface area contributed by atoms with E-state index < -0.39 is 16.4 Å². The Hall–Kier alpha value is -2.22. The summed E-state index contributed by atoms with van der Waals surface area (Å²) in [5.41, 5.74) is -0.364. The van der Waals surface area contributed by atoms with E-state index in [2.05, 4.69) is 10.6 Å². The van der Waals surface area contributed by atoms with Crippen molar-refractivity contribution < 1.29 is 14.8 Å². The number of nitro benzene ring substituents is 1. The Morgan fingerprint density at radius 2 is 1.77 bits per heavy atom. The number of hydrogen-bond donors (Lipinski definition) is 3. The molecule has 4 aliphatic carbocycles. The van der Waals surface area contributed by atoms with E-state index in [0.29, 0.717) is 23.4 Å². The zero-order chi connectivity index (χ0) is 18.5. The molecule has 4 bridgehead atoms. The van der Waals surface area contributed by atoms with E-state index in [1.54, 1.807) is 0 Å². The van der Waals surface area contributed by atoms with Crippen LogP contribution in [-0.2, 0) is 4.79 Å². The minimum absolute atomic E-state index is 0.0256. The number of thiocarbonyl (C=S) groups is 1. The number of nitrogens with one attached hydrogen (secondary N) is 2. The van der Waals surface area contributed by atoms with Gasteiger partial charge in [-0.1, -0.05) is 0 Å². The van der Waals surface area contributed by atoms with E-state index in [9.17, 15) is 20.0 Å². The lowest BCUT2D eigenvalue weighted by Crippen LogP contribution is -2.55. The lowest BCUT2D eigenvalue weighted by Gasteiger charge is -2.55. The van der Waals surface area contributed by atoms with Crippen molar-refractivity contribution in [2.75, 3.05) is 5.32 Å². The fourth-order valence-corrected chi connectivity index (χ4v) is 5.74. The van der Waals surface area contributed by atoms with Crippen molar-refractivity contribution in [3.05, 3.63) is 28.3 Å². The van der Waals surface area contributed by atoms with Crippen LogP contribution in [-0.4, -0.2) is 21.0 Å². The third-order valence-electron chi connectivity index (χ3n) is 6.18. The number of phenols is 1. The molecular weight excluding hydrogens is 354 g/mol. The lowest BCUT2D eigenvalue weighted by molar-refractivity contribution is -0.385. The summed E-state index contributed by atoms with van der Waals surface area (Å²) in [6.45, 7) is 0. The molecule has 8 heteroatoms. The zero-order valence-corrected chi connectivity index (χ0v) is 15.1. The van der Waals surface area contributed by atoms with Gasteiger partial charge in [0.25, 0.3) is 0 Å². The second kappa shape index (κ2) is 6.19. The van der Waals surface area contributed by atoms with Crippen LogP contribution in [0.2, 0.25) is 0 Å². The summed E-state index contributed by atoms with van der Waals surface area (Å²) >= 11 is 5.23. The van der Waals surface area contributed by atoms with E-state index in [4.69, 9.17) is 12.2 Å². The number of phenolic OH excluding ortho intramolecular Hbond substituents is 1. The highest BCUT2D eigenvalue weighted by Gasteiger charge is 2.54. The molecule has 4 fully saturated rings. The van der Waals surface area contributed by atoms with Gasteiger partial charge < -0.3 is 15.7 Å². The van der Waals surface area contributed by atoms with Gasteiger partial charge in [-0.25, -0.2) is 0 Å². The van der Waals surface area contributed by atoms with E-state index >= 15 is 0 Å². The van der Waals surface area contributed by atoms with Gasteiger partial charge in [-0.15, -0.1) is 0 Å². The van der Waals surface area contributed by atoms with Gasteiger partial charge in [0.05, 0.1) is 10.3 Å². The van der Waals surface area contributed by atoms with Crippen LogP contribution in [0.4, 0.5) is 11.4 Å². The van der Waals surface area contributed by atoms with E-state index in [-0.39, 0.29) is 16.4 Å². The van der Waals surface area contributed by atoms with Crippen LogP contribution in [0.15, 0.2) is 18.2 Å². The second-order valence-electron chi connectivity index (χ2n) is 8.07. The molecule has 0 atom stereocenters. The number of amides is 1. The second-order valence-corrected chi connectivity index (χ2v) is 8.47. The number of aromatic hydroxyl groups is 1. The zero-order valence-electron chi connectivity index (χ0n) is 14.2. The maximum Gasteiger partial charge on any atom is 0.312 e. The van der Waals surface area contributed by atoms with Gasteiger partial charge in [-0.05, 0) is 80.6 Å². The highest BCUT2D eigenvalue weighted by molar-refractivity contribution is 7.80. The van der Waals surface area contributed by atoms with Gasteiger partial charge in [0.2, 0.25) is 5.91 Å². The summed E-state index contributed by atoms with van der Waals surface area (Å²) in [5.74, 6) is 1.54. The Morgan fingerprint density at radius 1 is 1.19 bits per heavy atom. The van der Waals surface area contributed by atoms with Crippen LogP contribution in [0.25, 0.3) is 0 Å². The molecule has 0 saturated heterocycles. The van der Waals surface area contributed by atoms with Crippen LogP contribution < -0.4 is 10.6 Å².